The monoisotopic (exact) mass is 315 g/mol. The Balaban J connectivity index is -0.000000295. The number of nitrogens with two attached hydrogens (primary N) is 4. The van der Waals surface area contributed by atoms with E-state index in [0.29, 0.717) is 25.9 Å². The smallest absolute Gasteiger partial charge is 0.320 e. The second-order valence-corrected chi connectivity index (χ2v) is 4.46. The fourth-order valence-electron chi connectivity index (χ4n) is 1.26. The van der Waals surface area contributed by atoms with Crippen molar-refractivity contribution in [1.29, 1.82) is 0 Å². The predicted molar refractivity (Wildman–Crippen MR) is 82.8 cm³/mol. The number of carboxylic acids is 2. The minimum absolute atomic E-state index is 0. The summed E-state index contributed by atoms with van der Waals surface area (Å²) in [6.45, 7) is 1.21. The molecule has 9 heteroatoms. The molecule has 0 amide bonds. The molecule has 0 fully saturated rings. The van der Waals surface area contributed by atoms with Crippen molar-refractivity contribution in [2.45, 2.75) is 50.6 Å². The third-order valence-electron chi connectivity index (χ3n) is 2.57. The van der Waals surface area contributed by atoms with Crippen LogP contribution in [0.15, 0.2) is 0 Å². The van der Waals surface area contributed by atoms with Crippen LogP contribution in [-0.4, -0.2) is 76.9 Å². The average molecular weight is 315 g/mol. The van der Waals surface area contributed by atoms with Gasteiger partial charge in [-0.25, -0.2) is 0 Å². The normalized spacial score (nSPS) is 12.4. The minimum atomic E-state index is -0.933. The van der Waals surface area contributed by atoms with Crippen LogP contribution in [0.4, 0.5) is 0 Å². The molecule has 0 aromatic heterocycles. The van der Waals surface area contributed by atoms with Crippen LogP contribution in [0.2, 0.25) is 0 Å². The van der Waals surface area contributed by atoms with Crippen LogP contribution in [0.1, 0.15) is 38.5 Å². The van der Waals surface area contributed by atoms with Crippen molar-refractivity contribution in [3.63, 3.8) is 0 Å². The first-order valence-corrected chi connectivity index (χ1v) is 6.73. The first-order chi connectivity index (χ1) is 9.36. The molecule has 2 atom stereocenters. The van der Waals surface area contributed by atoms with Crippen molar-refractivity contribution < 1.29 is 19.8 Å². The molecule has 0 saturated heterocycles. The van der Waals surface area contributed by atoms with Gasteiger partial charge in [0.1, 0.15) is 12.1 Å². The molecule has 0 saturated carbocycles. The summed E-state index contributed by atoms with van der Waals surface area (Å²) in [4.78, 5) is 20.3. The molecular formula is C12H28N4NaO4. The standard InChI is InChI=1S/2C6H14N2O2.Na/c2*7-4-2-1-3-5(8)6(9)10;/h2*5H,1-4,7-8H2,(H,9,10);/t2*5-;/m00./s1. The maximum absolute atomic E-state index is 10.1. The molecule has 8 nitrogen and oxygen atoms in total. The second kappa shape index (κ2) is 17.8. The van der Waals surface area contributed by atoms with E-state index in [1.54, 1.807) is 0 Å². The van der Waals surface area contributed by atoms with Crippen molar-refractivity contribution in [3.05, 3.63) is 0 Å². The molecule has 0 spiro atoms. The van der Waals surface area contributed by atoms with Crippen LogP contribution in [0.3, 0.4) is 0 Å². The Hall–Kier alpha value is -0.220. The maximum Gasteiger partial charge on any atom is 0.320 e. The number of rotatable bonds is 10. The zero-order valence-electron chi connectivity index (χ0n) is 12.8. The molecule has 0 bridgehead atoms. The fraction of sp³-hybridized carbons (Fsp3) is 0.833. The van der Waals surface area contributed by atoms with Crippen LogP contribution in [0.5, 0.6) is 0 Å². The Kier molecular flexibility index (Phi) is 21.8. The van der Waals surface area contributed by atoms with Crippen molar-refractivity contribution >= 4 is 41.5 Å². The van der Waals surface area contributed by atoms with Crippen molar-refractivity contribution in [1.82, 2.24) is 0 Å². The van der Waals surface area contributed by atoms with Crippen LogP contribution in [-0.2, 0) is 9.59 Å². The van der Waals surface area contributed by atoms with Gasteiger partial charge in [0.25, 0.3) is 0 Å². The summed E-state index contributed by atoms with van der Waals surface area (Å²) in [5, 5.41) is 16.7. The van der Waals surface area contributed by atoms with Crippen molar-refractivity contribution in [2.75, 3.05) is 13.1 Å². The molecule has 0 rings (SSSR count). The van der Waals surface area contributed by atoms with E-state index in [2.05, 4.69) is 0 Å². The van der Waals surface area contributed by atoms with Crippen molar-refractivity contribution in [3.8, 4) is 0 Å². The van der Waals surface area contributed by atoms with Gasteiger partial charge >= 0.3 is 11.9 Å². The zero-order valence-corrected chi connectivity index (χ0v) is 14.8. The quantitative estimate of drug-likeness (QED) is 0.212. The van der Waals surface area contributed by atoms with Crippen LogP contribution < -0.4 is 22.9 Å². The van der Waals surface area contributed by atoms with Gasteiger partial charge in [0, 0.05) is 29.6 Å². The molecule has 0 unspecified atom stereocenters. The molecule has 0 aliphatic heterocycles. The molecule has 0 aliphatic rings. The Labute approximate surface area is 147 Å². The van der Waals surface area contributed by atoms with Gasteiger partial charge in [-0.05, 0) is 38.8 Å². The molecular weight excluding hydrogens is 287 g/mol. The van der Waals surface area contributed by atoms with E-state index in [-0.39, 0.29) is 29.6 Å². The minimum Gasteiger partial charge on any atom is -0.480 e. The van der Waals surface area contributed by atoms with Gasteiger partial charge in [0.05, 0.1) is 0 Å². The zero-order chi connectivity index (χ0) is 16.0. The summed E-state index contributed by atoms with van der Waals surface area (Å²) in [5.41, 5.74) is 20.8. The molecule has 21 heavy (non-hydrogen) atoms. The Bertz CT molecular complexity index is 244. The topological polar surface area (TPSA) is 179 Å². The first kappa shape index (κ1) is 25.7. The van der Waals surface area contributed by atoms with E-state index in [1.165, 1.54) is 0 Å². The van der Waals surface area contributed by atoms with Gasteiger partial charge in [-0.2, -0.15) is 0 Å². The molecule has 10 N–H and O–H groups in total. The summed E-state index contributed by atoms with van der Waals surface area (Å²) in [6, 6.07) is -1.43. The van der Waals surface area contributed by atoms with Crippen LogP contribution in [0.25, 0.3) is 0 Å². The Morgan fingerprint density at radius 1 is 0.762 bits per heavy atom. The third kappa shape index (κ3) is 19.8. The number of carboxylic acid groups (broad SMARTS) is 2. The van der Waals surface area contributed by atoms with Gasteiger partial charge in [0.15, 0.2) is 0 Å². The summed E-state index contributed by atoms with van der Waals surface area (Å²) >= 11 is 0. The summed E-state index contributed by atoms with van der Waals surface area (Å²) < 4.78 is 0. The predicted octanol–water partition coefficient (Wildman–Crippen LogP) is -1.33. The molecule has 1 radical (unpaired) electrons. The molecule has 0 aromatic carbocycles. The van der Waals surface area contributed by atoms with E-state index in [1.807, 2.05) is 0 Å². The molecule has 0 aromatic rings. The van der Waals surface area contributed by atoms with E-state index >= 15 is 0 Å². The van der Waals surface area contributed by atoms with Crippen molar-refractivity contribution in [2.24, 2.45) is 22.9 Å². The van der Waals surface area contributed by atoms with E-state index in [4.69, 9.17) is 33.1 Å². The largest absolute Gasteiger partial charge is 0.480 e. The fourth-order valence-corrected chi connectivity index (χ4v) is 1.26. The number of hydrogen-bond donors (Lipinski definition) is 6. The van der Waals surface area contributed by atoms with Crippen LogP contribution in [0, 0.1) is 0 Å². The number of aliphatic carboxylic acids is 2. The molecule has 121 valence electrons. The van der Waals surface area contributed by atoms with E-state index in [9.17, 15) is 9.59 Å². The Morgan fingerprint density at radius 3 is 1.24 bits per heavy atom. The number of carbonyl (C=O) groups is 2. The van der Waals surface area contributed by atoms with Gasteiger partial charge in [-0.1, -0.05) is 12.8 Å². The second-order valence-electron chi connectivity index (χ2n) is 4.46. The van der Waals surface area contributed by atoms with Gasteiger partial charge in [-0.3, -0.25) is 9.59 Å². The van der Waals surface area contributed by atoms with Crippen LogP contribution >= 0.6 is 0 Å². The average Bonchev–Trinajstić information content (AvgIpc) is 2.39. The summed E-state index contributed by atoms with van der Waals surface area (Å²) in [5.74, 6) is -1.87. The van der Waals surface area contributed by atoms with E-state index < -0.39 is 24.0 Å². The number of hydrogen-bond acceptors (Lipinski definition) is 6. The van der Waals surface area contributed by atoms with Gasteiger partial charge < -0.3 is 33.1 Å². The Morgan fingerprint density at radius 2 is 1.05 bits per heavy atom. The third-order valence-corrected chi connectivity index (χ3v) is 2.57. The SMILES string of the molecule is NCCCC[C@H](N)C(=O)O.NCCCC[C@H](N)C(=O)O.[Na]. The maximum atomic E-state index is 10.1. The summed E-state index contributed by atoms with van der Waals surface area (Å²) in [7, 11) is 0. The molecule has 0 aliphatic carbocycles. The van der Waals surface area contributed by atoms with Gasteiger partial charge in [-0.15, -0.1) is 0 Å². The summed E-state index contributed by atoms with van der Waals surface area (Å²) in [6.07, 6.45) is 4.33. The van der Waals surface area contributed by atoms with Gasteiger partial charge in [0.2, 0.25) is 0 Å². The first-order valence-electron chi connectivity index (χ1n) is 6.73. The van der Waals surface area contributed by atoms with E-state index in [0.717, 1.165) is 25.7 Å². The molecule has 0 heterocycles. The number of unbranched alkanes of at least 4 members (excludes halogenated alkanes) is 2.